The first-order valence-electron chi connectivity index (χ1n) is 8.03. The highest BCUT2D eigenvalue weighted by atomic mass is 32.2. The lowest BCUT2D eigenvalue weighted by atomic mass is 10.1. The van der Waals surface area contributed by atoms with Gasteiger partial charge in [-0.05, 0) is 6.92 Å². The highest BCUT2D eigenvalue weighted by Crippen LogP contribution is 2.29. The van der Waals surface area contributed by atoms with Gasteiger partial charge in [0.2, 0.25) is 0 Å². The summed E-state index contributed by atoms with van der Waals surface area (Å²) in [5, 5.41) is 4.29. The molecule has 23 heavy (non-hydrogen) atoms. The molecule has 1 saturated heterocycles. The van der Waals surface area contributed by atoms with Crippen LogP contribution in [0.15, 0.2) is 36.7 Å². The molecule has 1 aliphatic rings. The number of rotatable bonds is 5. The second kappa shape index (κ2) is 7.32. The van der Waals surface area contributed by atoms with Crippen molar-refractivity contribution in [3.8, 4) is 0 Å². The van der Waals surface area contributed by atoms with Gasteiger partial charge in [-0.3, -0.25) is 14.4 Å². The van der Waals surface area contributed by atoms with Gasteiger partial charge in [-0.25, -0.2) is 0 Å². The smallest absolute Gasteiger partial charge is 0.164 e. The van der Waals surface area contributed by atoms with Gasteiger partial charge in [-0.15, -0.1) is 0 Å². The minimum Gasteiger partial charge on any atom is -0.294 e. The zero-order chi connectivity index (χ0) is 16.2. The van der Waals surface area contributed by atoms with E-state index in [1.165, 1.54) is 11.1 Å². The molecule has 0 spiro atoms. The number of nitrogens with zero attached hydrogens (tertiary/aromatic N) is 3. The molecule has 0 saturated carbocycles. The second-order valence-electron chi connectivity index (χ2n) is 6.11. The first-order valence-corrected chi connectivity index (χ1v) is 9.19. The van der Waals surface area contributed by atoms with Crippen LogP contribution in [-0.4, -0.2) is 45.1 Å². The number of hydrogen-bond donors (Lipinski definition) is 0. The van der Waals surface area contributed by atoms with E-state index in [4.69, 9.17) is 0 Å². The van der Waals surface area contributed by atoms with E-state index in [-0.39, 0.29) is 5.78 Å². The van der Waals surface area contributed by atoms with Crippen LogP contribution in [0.3, 0.4) is 0 Å². The van der Waals surface area contributed by atoms with Gasteiger partial charge in [0.1, 0.15) is 0 Å². The summed E-state index contributed by atoms with van der Waals surface area (Å²) in [6, 6.07) is 8.24. The number of benzene rings is 1. The second-order valence-corrected chi connectivity index (χ2v) is 7.26. The average Bonchev–Trinajstić information content (AvgIpc) is 3.00. The molecule has 122 valence electrons. The van der Waals surface area contributed by atoms with E-state index in [0.717, 1.165) is 30.2 Å². The summed E-state index contributed by atoms with van der Waals surface area (Å²) in [6.45, 7) is 3.89. The molecule has 1 fully saturated rings. The van der Waals surface area contributed by atoms with Crippen LogP contribution < -0.4 is 0 Å². The molecule has 0 aliphatic carbocycles. The molecule has 4 nitrogen and oxygen atoms in total. The van der Waals surface area contributed by atoms with E-state index >= 15 is 0 Å². The van der Waals surface area contributed by atoms with Gasteiger partial charge in [0.05, 0.1) is 6.20 Å². The van der Waals surface area contributed by atoms with Crippen molar-refractivity contribution in [3.63, 3.8) is 0 Å². The Kier molecular flexibility index (Phi) is 5.18. The molecule has 0 unspecified atom stereocenters. The van der Waals surface area contributed by atoms with Gasteiger partial charge in [-0.1, -0.05) is 29.8 Å². The van der Waals surface area contributed by atoms with E-state index in [0.29, 0.717) is 12.5 Å². The van der Waals surface area contributed by atoms with Crippen molar-refractivity contribution >= 4 is 17.5 Å². The fraction of sp³-hybridized carbons (Fsp3) is 0.444. The maximum absolute atomic E-state index is 12.4. The van der Waals surface area contributed by atoms with Crippen molar-refractivity contribution < 1.29 is 4.79 Å². The minimum absolute atomic E-state index is 0.230. The van der Waals surface area contributed by atoms with E-state index < -0.39 is 0 Å². The van der Waals surface area contributed by atoms with E-state index in [9.17, 15) is 4.79 Å². The number of carbonyl (C=O) groups is 1. The van der Waals surface area contributed by atoms with Crippen LogP contribution in [0, 0.1) is 6.92 Å². The maximum Gasteiger partial charge on any atom is 0.164 e. The quantitative estimate of drug-likeness (QED) is 0.790. The number of thioether (sulfide) groups is 1. The summed E-state index contributed by atoms with van der Waals surface area (Å²) in [5.74, 6) is 2.44. The van der Waals surface area contributed by atoms with Crippen LogP contribution >= 0.6 is 11.8 Å². The molecule has 2 heterocycles. The van der Waals surface area contributed by atoms with Crippen molar-refractivity contribution in [2.24, 2.45) is 7.05 Å². The average molecular weight is 329 g/mol. The first kappa shape index (κ1) is 16.3. The summed E-state index contributed by atoms with van der Waals surface area (Å²) in [6.07, 6.45) is 4.61. The zero-order valence-corrected chi connectivity index (χ0v) is 14.6. The first-order chi connectivity index (χ1) is 11.1. The van der Waals surface area contributed by atoms with Crippen LogP contribution in [0.1, 0.15) is 33.9 Å². The third-order valence-electron chi connectivity index (χ3n) is 4.35. The van der Waals surface area contributed by atoms with E-state index in [1.54, 1.807) is 0 Å². The monoisotopic (exact) mass is 329 g/mol. The number of carbonyl (C=O) groups excluding carboxylic acids is 1. The topological polar surface area (TPSA) is 38.1 Å². The summed E-state index contributed by atoms with van der Waals surface area (Å²) in [7, 11) is 1.95. The molecule has 1 aliphatic heterocycles. The standard InChI is InChI=1S/C18H23N3OS/c1-14-3-5-15(6-4-14)18(22)7-8-21-9-10-23-13-17(21)16-11-19-20(2)12-16/h3-6,11-12,17H,7-10,13H2,1-2H3/t17-/m0/s1. The van der Waals surface area contributed by atoms with Gasteiger partial charge < -0.3 is 0 Å². The summed E-state index contributed by atoms with van der Waals surface area (Å²) in [5.41, 5.74) is 3.26. The van der Waals surface area contributed by atoms with Crippen molar-refractivity contribution in [2.75, 3.05) is 24.6 Å². The van der Waals surface area contributed by atoms with E-state index in [1.807, 2.05) is 60.9 Å². The summed E-state index contributed by atoms with van der Waals surface area (Å²) in [4.78, 5) is 14.8. The molecule has 3 rings (SSSR count). The Hall–Kier alpha value is -1.59. The van der Waals surface area contributed by atoms with Crippen LogP contribution in [0.4, 0.5) is 0 Å². The summed E-state index contributed by atoms with van der Waals surface area (Å²) < 4.78 is 1.85. The number of ketones is 1. The Morgan fingerprint density at radius 1 is 1.35 bits per heavy atom. The van der Waals surface area contributed by atoms with Gasteiger partial charge in [-0.2, -0.15) is 16.9 Å². The van der Waals surface area contributed by atoms with Crippen molar-refractivity contribution in [1.29, 1.82) is 0 Å². The highest BCUT2D eigenvalue weighted by Gasteiger charge is 2.25. The third kappa shape index (κ3) is 4.03. The molecule has 5 heteroatoms. The zero-order valence-electron chi connectivity index (χ0n) is 13.7. The molecule has 1 aromatic heterocycles. The molecule has 0 bridgehead atoms. The number of hydrogen-bond acceptors (Lipinski definition) is 4. The largest absolute Gasteiger partial charge is 0.294 e. The number of aromatic nitrogens is 2. The molecular weight excluding hydrogens is 306 g/mol. The van der Waals surface area contributed by atoms with Crippen molar-refractivity contribution in [2.45, 2.75) is 19.4 Å². The summed E-state index contributed by atoms with van der Waals surface area (Å²) >= 11 is 1.98. The lowest BCUT2D eigenvalue weighted by Gasteiger charge is -2.34. The predicted octanol–water partition coefficient (Wildman–Crippen LogP) is 3.09. The Bertz CT molecular complexity index is 665. The normalized spacial score (nSPS) is 19.0. The number of Topliss-reactive ketones (excluding diaryl/α,β-unsaturated/α-hetero) is 1. The molecule has 2 aromatic rings. The lowest BCUT2D eigenvalue weighted by molar-refractivity contribution is 0.0954. The number of aryl methyl sites for hydroxylation is 2. The Morgan fingerprint density at radius 2 is 2.13 bits per heavy atom. The van der Waals surface area contributed by atoms with Gasteiger partial charge in [0.25, 0.3) is 0 Å². The van der Waals surface area contributed by atoms with Crippen molar-refractivity contribution in [1.82, 2.24) is 14.7 Å². The molecule has 0 amide bonds. The van der Waals surface area contributed by atoms with Crippen molar-refractivity contribution in [3.05, 3.63) is 53.3 Å². The van der Waals surface area contributed by atoms with Crippen LogP contribution in [-0.2, 0) is 7.05 Å². The maximum atomic E-state index is 12.4. The molecular formula is C18H23N3OS. The van der Waals surface area contributed by atoms with Crippen LogP contribution in [0.5, 0.6) is 0 Å². The Balaban J connectivity index is 1.63. The third-order valence-corrected chi connectivity index (χ3v) is 5.37. The fourth-order valence-electron chi connectivity index (χ4n) is 2.95. The SMILES string of the molecule is Cc1ccc(C(=O)CCN2CCSC[C@H]2c2cnn(C)c2)cc1. The lowest BCUT2D eigenvalue weighted by Crippen LogP contribution is -2.37. The van der Waals surface area contributed by atoms with Crippen LogP contribution in [0.25, 0.3) is 0 Å². The molecule has 1 atom stereocenters. The van der Waals surface area contributed by atoms with Crippen LogP contribution in [0.2, 0.25) is 0 Å². The van der Waals surface area contributed by atoms with Gasteiger partial charge in [0, 0.05) is 61.4 Å². The Morgan fingerprint density at radius 3 is 2.83 bits per heavy atom. The predicted molar refractivity (Wildman–Crippen MR) is 95.0 cm³/mol. The molecule has 0 N–H and O–H groups in total. The minimum atomic E-state index is 0.230. The molecule has 0 radical (unpaired) electrons. The van der Waals surface area contributed by atoms with Gasteiger partial charge in [0.15, 0.2) is 5.78 Å². The fourth-order valence-corrected chi connectivity index (χ4v) is 4.11. The van der Waals surface area contributed by atoms with Gasteiger partial charge >= 0.3 is 0 Å². The Labute approximate surface area is 141 Å². The highest BCUT2D eigenvalue weighted by molar-refractivity contribution is 7.99. The van der Waals surface area contributed by atoms with E-state index in [2.05, 4.69) is 16.2 Å². The molecule has 1 aromatic carbocycles.